The molecule has 3 aliphatic heterocycles. The van der Waals surface area contributed by atoms with E-state index in [1.807, 2.05) is 54.6 Å². The van der Waals surface area contributed by atoms with Gasteiger partial charge in [0.1, 0.15) is 36.2 Å². The molecule has 4 aliphatic rings. The molecule has 0 aromatic heterocycles. The van der Waals surface area contributed by atoms with Crippen LogP contribution in [0.3, 0.4) is 0 Å². The standard InChI is InChI=1S/C65H76N10O12S/c1-39(2)57(72-59(77)55-20-12-29-75(55)61(79)40(3)69-63(81)86-38-53-51-18-9-7-16-49(51)50-17-8-10-19-52(50)53)60(78)70-47-25-21-41(22-26-47)34-73(64(82)83)35-42-36-74(37-42)88(84,85)48-15-11-14-43(31-48)44-23-24-45-30-46(33-56(66)71-54(45)32-44)58(76)67-27-13-28-68-62(80)87-65(4,5)6/h7-11,14-19,21-26,30-32,39-40,42,53,55,57H,12-13,20,27-29,33-38H2,1-6H3,(H2,66,71)(H,67,76)(H,68,80)(H,69,81)(H,70,78)(H,72,77)(H,82,83)/t40-,55+,57+/m1/s1. The van der Waals surface area contributed by atoms with Gasteiger partial charge in [-0.3, -0.25) is 19.2 Å². The van der Waals surface area contributed by atoms with E-state index in [2.05, 4.69) is 31.6 Å². The van der Waals surface area contributed by atoms with Crippen LogP contribution in [0.1, 0.15) is 95.4 Å². The number of nitrogens with two attached hydrogens (primary N) is 1. The lowest BCUT2D eigenvalue weighted by atomic mass is 9.98. The number of amides is 7. The third kappa shape index (κ3) is 15.4. The molecular weight excluding hydrogens is 1140 g/mol. The zero-order chi connectivity index (χ0) is 63.0. The second-order valence-corrected chi connectivity index (χ2v) is 25.9. The number of nitrogens with zero attached hydrogens (tertiary/aromatic N) is 4. The van der Waals surface area contributed by atoms with Gasteiger partial charge in [0.05, 0.1) is 10.6 Å². The van der Waals surface area contributed by atoms with Crippen molar-refractivity contribution in [2.75, 3.05) is 51.2 Å². The van der Waals surface area contributed by atoms with E-state index in [0.717, 1.165) is 22.3 Å². The maximum Gasteiger partial charge on any atom is 0.407 e. The van der Waals surface area contributed by atoms with Gasteiger partial charge >= 0.3 is 18.3 Å². The van der Waals surface area contributed by atoms with Crippen LogP contribution in [0.5, 0.6) is 0 Å². The molecule has 0 unspecified atom stereocenters. The molecule has 8 N–H and O–H groups in total. The Hall–Kier alpha value is -9.09. The summed E-state index contributed by atoms with van der Waals surface area (Å²) >= 11 is 0. The van der Waals surface area contributed by atoms with Crippen LogP contribution < -0.4 is 32.3 Å². The molecule has 23 heteroatoms. The number of amidine groups is 1. The maximum atomic E-state index is 14.0. The van der Waals surface area contributed by atoms with Crippen molar-refractivity contribution in [3.63, 3.8) is 0 Å². The second kappa shape index (κ2) is 27.3. The number of sulfonamides is 1. The Morgan fingerprint density at radius 3 is 2.15 bits per heavy atom. The van der Waals surface area contributed by atoms with Crippen molar-refractivity contribution >= 4 is 75.2 Å². The van der Waals surface area contributed by atoms with Crippen molar-refractivity contribution < 1.29 is 56.6 Å². The molecule has 5 aromatic rings. The SMILES string of the molecule is CC(C)[C@H](NC(=O)[C@@H]1CCCN1C(=O)[C@@H](C)NC(=O)OCC1c2ccccc2-c2ccccc21)C(=O)Nc1ccc(CN(CC2CN(S(=O)(=O)c3cccc(-c4ccc5c(c4)N=C(N)CC(C(=O)NCCCNC(=O)OC(C)(C)C)=C5)c3)C2)C(=O)O)cc1. The molecule has 0 spiro atoms. The van der Waals surface area contributed by atoms with E-state index in [9.17, 15) is 47.1 Å². The number of ether oxygens (including phenoxy) is 2. The fourth-order valence-electron chi connectivity index (χ4n) is 11.3. The van der Waals surface area contributed by atoms with Crippen LogP contribution >= 0.6 is 0 Å². The van der Waals surface area contributed by atoms with Crippen LogP contribution in [0.15, 0.2) is 131 Å². The lowest BCUT2D eigenvalue weighted by Gasteiger charge is -2.40. The zero-order valence-corrected chi connectivity index (χ0v) is 51.0. The van der Waals surface area contributed by atoms with E-state index in [-0.39, 0.29) is 80.1 Å². The number of carbonyl (C=O) groups is 7. The first kappa shape index (κ1) is 63.4. The van der Waals surface area contributed by atoms with E-state index in [1.165, 1.54) is 20.2 Å². The van der Waals surface area contributed by atoms with E-state index in [4.69, 9.17) is 15.2 Å². The number of hydrogen-bond donors (Lipinski definition) is 7. The largest absolute Gasteiger partial charge is 0.465 e. The first-order chi connectivity index (χ1) is 41.9. The van der Waals surface area contributed by atoms with Gasteiger partial charge in [0, 0.05) is 80.9 Å². The predicted molar refractivity (Wildman–Crippen MR) is 333 cm³/mol. The molecule has 3 atom stereocenters. The first-order valence-electron chi connectivity index (χ1n) is 29.6. The highest BCUT2D eigenvalue weighted by Gasteiger charge is 2.40. The number of carboxylic acid groups (broad SMARTS) is 1. The number of alkyl carbamates (subject to hydrolysis) is 2. The lowest BCUT2D eigenvalue weighted by molar-refractivity contribution is -0.140. The summed E-state index contributed by atoms with van der Waals surface area (Å²) in [5.74, 6) is -2.35. The number of carbonyl (C=O) groups excluding carboxylic acids is 6. The van der Waals surface area contributed by atoms with Crippen molar-refractivity contribution in [2.24, 2.45) is 22.6 Å². The smallest absolute Gasteiger partial charge is 0.407 e. The maximum absolute atomic E-state index is 14.0. The van der Waals surface area contributed by atoms with Crippen molar-refractivity contribution in [2.45, 2.75) is 108 Å². The highest BCUT2D eigenvalue weighted by Crippen LogP contribution is 2.44. The molecule has 22 nitrogen and oxygen atoms in total. The van der Waals surface area contributed by atoms with Crippen LogP contribution in [0.2, 0.25) is 0 Å². The van der Waals surface area contributed by atoms with Crippen LogP contribution in [0, 0.1) is 11.8 Å². The van der Waals surface area contributed by atoms with Gasteiger partial charge in [-0.05, 0) is 128 Å². The van der Waals surface area contributed by atoms with Crippen LogP contribution in [-0.2, 0) is 45.2 Å². The van der Waals surface area contributed by atoms with E-state index >= 15 is 0 Å². The minimum absolute atomic E-state index is 0.00656. The number of benzene rings is 5. The Balaban J connectivity index is 0.728. The number of likely N-dealkylation sites (tertiary alicyclic amines) is 1. The minimum atomic E-state index is -3.97. The van der Waals surface area contributed by atoms with E-state index < -0.39 is 69.8 Å². The van der Waals surface area contributed by atoms with Crippen molar-refractivity contribution in [3.05, 3.63) is 143 Å². The molecule has 3 heterocycles. The van der Waals surface area contributed by atoms with Crippen LogP contribution in [0.4, 0.5) is 25.8 Å². The van der Waals surface area contributed by atoms with Gasteiger partial charge in [0.25, 0.3) is 0 Å². The molecule has 9 rings (SSSR count). The molecule has 5 aromatic carbocycles. The van der Waals surface area contributed by atoms with E-state index in [0.29, 0.717) is 71.6 Å². The number of rotatable bonds is 21. The third-order valence-corrected chi connectivity index (χ3v) is 17.6. The van der Waals surface area contributed by atoms with Gasteiger partial charge in [-0.15, -0.1) is 0 Å². The topological polar surface area (TPSA) is 301 Å². The summed E-state index contributed by atoms with van der Waals surface area (Å²) in [6.45, 7) is 11.7. The summed E-state index contributed by atoms with van der Waals surface area (Å²) in [5, 5.41) is 24.1. The quantitative estimate of drug-likeness (QED) is 0.0344. The summed E-state index contributed by atoms with van der Waals surface area (Å²) in [6, 6.07) is 31.6. The fourth-order valence-corrected chi connectivity index (χ4v) is 13.0. The van der Waals surface area contributed by atoms with Crippen LogP contribution in [-0.4, -0.2) is 145 Å². The lowest BCUT2D eigenvalue weighted by Crippen LogP contribution is -2.56. The molecule has 2 fully saturated rings. The number of hydrogen-bond acceptors (Lipinski definition) is 13. The Kier molecular flexibility index (Phi) is 19.7. The molecule has 88 heavy (non-hydrogen) atoms. The molecule has 0 saturated carbocycles. The highest BCUT2D eigenvalue weighted by atomic mass is 32.2. The Bertz CT molecular complexity index is 3610. The number of anilines is 1. The molecule has 0 radical (unpaired) electrons. The Labute approximate surface area is 512 Å². The van der Waals surface area contributed by atoms with E-state index in [1.54, 1.807) is 102 Å². The summed E-state index contributed by atoms with van der Waals surface area (Å²) < 4.78 is 40.1. The first-order valence-corrected chi connectivity index (χ1v) is 31.0. The Morgan fingerprint density at radius 2 is 1.48 bits per heavy atom. The van der Waals surface area contributed by atoms with Crippen molar-refractivity contribution in [1.29, 1.82) is 0 Å². The predicted octanol–water partition coefficient (Wildman–Crippen LogP) is 7.96. The third-order valence-electron chi connectivity index (χ3n) is 15.8. The van der Waals surface area contributed by atoms with Gasteiger partial charge in [-0.2, -0.15) is 4.31 Å². The van der Waals surface area contributed by atoms with Crippen molar-refractivity contribution in [3.8, 4) is 22.3 Å². The molecule has 2 saturated heterocycles. The molecule has 1 aliphatic carbocycles. The average Bonchev–Trinajstić information content (AvgIpc) is 1.42. The summed E-state index contributed by atoms with van der Waals surface area (Å²) in [6.07, 6.45) is 0.728. The van der Waals surface area contributed by atoms with Crippen molar-refractivity contribution in [1.82, 2.24) is 35.4 Å². The number of fused-ring (bicyclic) bond motifs is 4. The zero-order valence-electron chi connectivity index (χ0n) is 50.2. The second-order valence-electron chi connectivity index (χ2n) is 23.9. The normalized spacial score (nSPS) is 16.4. The van der Waals surface area contributed by atoms with Gasteiger partial charge in [-0.1, -0.05) is 98.8 Å². The number of aliphatic imine (C=N–C) groups is 1. The summed E-state index contributed by atoms with van der Waals surface area (Å²) in [5.41, 5.74) is 13.8. The van der Waals surface area contributed by atoms with Gasteiger partial charge in [0.2, 0.25) is 33.7 Å². The molecule has 464 valence electrons. The number of nitrogens with one attached hydrogen (secondary N) is 5. The minimum Gasteiger partial charge on any atom is -0.465 e. The van der Waals surface area contributed by atoms with Gasteiger partial charge < -0.3 is 56.7 Å². The molecule has 0 bridgehead atoms. The van der Waals surface area contributed by atoms with Gasteiger partial charge in [-0.25, -0.2) is 27.8 Å². The monoisotopic (exact) mass is 1220 g/mol. The van der Waals surface area contributed by atoms with Crippen LogP contribution in [0.25, 0.3) is 28.3 Å². The average molecular weight is 1220 g/mol. The highest BCUT2D eigenvalue weighted by molar-refractivity contribution is 7.89. The molecular formula is C65H76N10O12S. The summed E-state index contributed by atoms with van der Waals surface area (Å²) in [7, 11) is -3.97. The Morgan fingerprint density at radius 1 is 0.807 bits per heavy atom. The summed E-state index contributed by atoms with van der Waals surface area (Å²) in [4.78, 5) is 99.3. The molecule has 7 amide bonds. The fraction of sp³-hybridized carbons (Fsp3) is 0.385. The van der Waals surface area contributed by atoms with Gasteiger partial charge in [0.15, 0.2) is 0 Å².